The number of rotatable bonds is 2. The Balaban J connectivity index is 1.76. The van der Waals surface area contributed by atoms with Crippen molar-refractivity contribution in [1.82, 2.24) is 5.32 Å². The molecule has 0 radical (unpaired) electrons. The summed E-state index contributed by atoms with van der Waals surface area (Å²) in [5.74, 6) is 0.894. The fraction of sp³-hybridized carbons (Fsp3) is 0.312. The van der Waals surface area contributed by atoms with Crippen LogP contribution in [0.5, 0.6) is 0 Å². The van der Waals surface area contributed by atoms with Gasteiger partial charge in [0, 0.05) is 11.7 Å². The summed E-state index contributed by atoms with van der Waals surface area (Å²) in [5.41, 5.74) is 2.59. The van der Waals surface area contributed by atoms with Crippen LogP contribution in [0.25, 0.3) is 0 Å². The highest BCUT2D eigenvalue weighted by atomic mass is 32.1. The molecule has 104 valence electrons. The van der Waals surface area contributed by atoms with Gasteiger partial charge in [-0.2, -0.15) is 0 Å². The van der Waals surface area contributed by atoms with Gasteiger partial charge in [0.15, 0.2) is 5.11 Å². The molecule has 0 saturated heterocycles. The number of fused-ring (bicyclic) bond motifs is 1. The highest BCUT2D eigenvalue weighted by Crippen LogP contribution is 2.30. The molecule has 1 aliphatic heterocycles. The summed E-state index contributed by atoms with van der Waals surface area (Å²) < 4.78 is 5.33. The normalized spacial score (nSPS) is 17.6. The molecule has 0 unspecified atom stereocenters. The number of nitrogens with zero attached hydrogens (tertiary/aromatic N) is 1. The first-order valence-electron chi connectivity index (χ1n) is 6.93. The molecule has 0 bridgehead atoms. The van der Waals surface area contributed by atoms with Gasteiger partial charge in [-0.15, -0.1) is 0 Å². The second-order valence-electron chi connectivity index (χ2n) is 5.12. The standard InChI is InChI=1S/C16H18N2OS/c1-12-8-9-13-5-2-3-7-15(13)18(12)16(20)17-11-14-6-4-10-19-14/h2-7,10,12H,8-9,11H2,1H3,(H,17,20)/t12-/m1/s1. The van der Waals surface area contributed by atoms with Crippen molar-refractivity contribution in [3.8, 4) is 0 Å². The van der Waals surface area contributed by atoms with Crippen LogP contribution in [0.3, 0.4) is 0 Å². The van der Waals surface area contributed by atoms with Crippen molar-refractivity contribution in [2.24, 2.45) is 0 Å². The lowest BCUT2D eigenvalue weighted by atomic mass is 9.97. The molecular formula is C16H18N2OS. The van der Waals surface area contributed by atoms with Gasteiger partial charge in [-0.1, -0.05) is 18.2 Å². The summed E-state index contributed by atoms with van der Waals surface area (Å²) in [6.45, 7) is 2.84. The molecule has 2 aromatic rings. The molecule has 1 aliphatic rings. The minimum Gasteiger partial charge on any atom is -0.467 e. The number of furan rings is 1. The summed E-state index contributed by atoms with van der Waals surface area (Å²) in [6.07, 6.45) is 3.92. The third-order valence-electron chi connectivity index (χ3n) is 3.74. The Labute approximate surface area is 124 Å². The number of benzene rings is 1. The average Bonchev–Trinajstić information content (AvgIpc) is 2.98. The van der Waals surface area contributed by atoms with E-state index in [9.17, 15) is 0 Å². The molecule has 2 heterocycles. The van der Waals surface area contributed by atoms with Gasteiger partial charge in [0.2, 0.25) is 0 Å². The van der Waals surface area contributed by atoms with Gasteiger partial charge in [-0.25, -0.2) is 0 Å². The first kappa shape index (κ1) is 13.2. The molecule has 1 aromatic carbocycles. The van der Waals surface area contributed by atoms with Crippen molar-refractivity contribution in [3.05, 3.63) is 54.0 Å². The average molecular weight is 286 g/mol. The van der Waals surface area contributed by atoms with E-state index < -0.39 is 0 Å². The molecular weight excluding hydrogens is 268 g/mol. The molecule has 1 atom stereocenters. The maximum Gasteiger partial charge on any atom is 0.174 e. The van der Waals surface area contributed by atoms with Crippen LogP contribution in [0.2, 0.25) is 0 Å². The highest BCUT2D eigenvalue weighted by molar-refractivity contribution is 7.80. The van der Waals surface area contributed by atoms with E-state index in [1.165, 1.54) is 11.3 Å². The Kier molecular flexibility index (Phi) is 3.74. The number of thiocarbonyl (C=S) groups is 1. The van der Waals surface area contributed by atoms with E-state index in [0.717, 1.165) is 23.7 Å². The van der Waals surface area contributed by atoms with Gasteiger partial charge in [0.1, 0.15) is 5.76 Å². The number of anilines is 1. The minimum absolute atomic E-state index is 0.418. The Morgan fingerprint density at radius 3 is 3.00 bits per heavy atom. The molecule has 1 aromatic heterocycles. The zero-order chi connectivity index (χ0) is 13.9. The zero-order valence-corrected chi connectivity index (χ0v) is 12.3. The van der Waals surface area contributed by atoms with Crippen molar-refractivity contribution in [3.63, 3.8) is 0 Å². The van der Waals surface area contributed by atoms with Crippen LogP contribution in [-0.2, 0) is 13.0 Å². The summed E-state index contributed by atoms with van der Waals surface area (Å²) in [4.78, 5) is 2.22. The monoisotopic (exact) mass is 286 g/mol. The van der Waals surface area contributed by atoms with E-state index in [1.807, 2.05) is 12.1 Å². The lowest BCUT2D eigenvalue weighted by Gasteiger charge is -2.37. The van der Waals surface area contributed by atoms with E-state index in [0.29, 0.717) is 12.6 Å². The molecule has 3 nitrogen and oxygen atoms in total. The van der Waals surface area contributed by atoms with Crippen molar-refractivity contribution in [1.29, 1.82) is 0 Å². The van der Waals surface area contributed by atoms with Gasteiger partial charge in [0.05, 0.1) is 12.8 Å². The summed E-state index contributed by atoms with van der Waals surface area (Å²) >= 11 is 5.57. The second-order valence-corrected chi connectivity index (χ2v) is 5.51. The summed E-state index contributed by atoms with van der Waals surface area (Å²) in [7, 11) is 0. The number of hydrogen-bond acceptors (Lipinski definition) is 2. The molecule has 1 N–H and O–H groups in total. The van der Waals surface area contributed by atoms with E-state index in [-0.39, 0.29) is 0 Å². The fourth-order valence-electron chi connectivity index (χ4n) is 2.66. The van der Waals surface area contributed by atoms with Gasteiger partial charge < -0.3 is 14.6 Å². The van der Waals surface area contributed by atoms with Crippen LogP contribution in [-0.4, -0.2) is 11.2 Å². The topological polar surface area (TPSA) is 28.4 Å². The zero-order valence-electron chi connectivity index (χ0n) is 11.5. The third-order valence-corrected chi connectivity index (χ3v) is 4.08. The Bertz CT molecular complexity index is 594. The largest absolute Gasteiger partial charge is 0.467 e. The van der Waals surface area contributed by atoms with E-state index in [4.69, 9.17) is 16.6 Å². The Morgan fingerprint density at radius 2 is 2.20 bits per heavy atom. The molecule has 3 rings (SSSR count). The molecule has 4 heteroatoms. The van der Waals surface area contributed by atoms with Crippen molar-refractivity contribution < 1.29 is 4.42 Å². The van der Waals surface area contributed by atoms with Crippen molar-refractivity contribution >= 4 is 23.0 Å². The number of para-hydroxylation sites is 1. The molecule has 0 aliphatic carbocycles. The van der Waals surface area contributed by atoms with Crippen molar-refractivity contribution in [2.45, 2.75) is 32.4 Å². The van der Waals surface area contributed by atoms with Crippen LogP contribution in [0.1, 0.15) is 24.7 Å². The maximum atomic E-state index is 5.57. The van der Waals surface area contributed by atoms with Crippen molar-refractivity contribution in [2.75, 3.05) is 4.90 Å². The van der Waals surface area contributed by atoms with Gasteiger partial charge in [-0.3, -0.25) is 0 Å². The second kappa shape index (κ2) is 5.67. The first-order valence-corrected chi connectivity index (χ1v) is 7.34. The molecule has 0 spiro atoms. The lowest BCUT2D eigenvalue weighted by molar-refractivity contribution is 0.502. The Morgan fingerprint density at radius 1 is 1.35 bits per heavy atom. The SMILES string of the molecule is C[C@@H]1CCc2ccccc2N1C(=S)NCc1ccco1. The molecule has 0 saturated carbocycles. The fourth-order valence-corrected chi connectivity index (χ4v) is 3.01. The minimum atomic E-state index is 0.418. The quantitative estimate of drug-likeness (QED) is 0.855. The number of hydrogen-bond donors (Lipinski definition) is 1. The van der Waals surface area contributed by atoms with E-state index in [2.05, 4.69) is 41.4 Å². The van der Waals surface area contributed by atoms with Crippen LogP contribution in [0.15, 0.2) is 47.1 Å². The van der Waals surface area contributed by atoms with Gasteiger partial charge >= 0.3 is 0 Å². The first-order chi connectivity index (χ1) is 9.75. The highest BCUT2D eigenvalue weighted by Gasteiger charge is 2.25. The van der Waals surface area contributed by atoms with Crippen LogP contribution in [0.4, 0.5) is 5.69 Å². The van der Waals surface area contributed by atoms with Crippen LogP contribution < -0.4 is 10.2 Å². The predicted molar refractivity (Wildman–Crippen MR) is 84.8 cm³/mol. The Hall–Kier alpha value is -1.81. The van der Waals surface area contributed by atoms with Crippen LogP contribution >= 0.6 is 12.2 Å². The number of aryl methyl sites for hydroxylation is 1. The van der Waals surface area contributed by atoms with Gasteiger partial charge in [-0.05, 0) is 55.7 Å². The van der Waals surface area contributed by atoms with Crippen LogP contribution in [0, 0.1) is 0 Å². The smallest absolute Gasteiger partial charge is 0.174 e. The lowest BCUT2D eigenvalue weighted by Crippen LogP contribution is -2.47. The predicted octanol–water partition coefficient (Wildman–Crippen LogP) is 3.50. The molecule has 20 heavy (non-hydrogen) atoms. The summed E-state index contributed by atoms with van der Waals surface area (Å²) in [5, 5.41) is 4.05. The van der Waals surface area contributed by atoms with Gasteiger partial charge in [0.25, 0.3) is 0 Å². The summed E-state index contributed by atoms with van der Waals surface area (Å²) in [6, 6.07) is 12.7. The number of nitrogens with one attached hydrogen (secondary N) is 1. The van der Waals surface area contributed by atoms with E-state index in [1.54, 1.807) is 6.26 Å². The maximum absolute atomic E-state index is 5.57. The van der Waals surface area contributed by atoms with E-state index >= 15 is 0 Å². The molecule has 0 fully saturated rings. The third kappa shape index (κ3) is 2.56. The molecule has 0 amide bonds.